The molecular weight excluding hydrogens is 236 g/mol. The van der Waals surface area contributed by atoms with E-state index in [4.69, 9.17) is 4.74 Å². The minimum atomic E-state index is -1.16. The van der Waals surface area contributed by atoms with E-state index in [0.717, 1.165) is 24.0 Å². The molecule has 17 heavy (non-hydrogen) atoms. The SMILES string of the molecule is CS(=O)c1cc2c(cc1O)COC21CCCC1. The van der Waals surface area contributed by atoms with Gasteiger partial charge in [-0.05, 0) is 36.1 Å². The lowest BCUT2D eigenvalue weighted by molar-refractivity contribution is -0.0325. The van der Waals surface area contributed by atoms with Crippen molar-refractivity contribution in [1.29, 1.82) is 0 Å². The Morgan fingerprint density at radius 1 is 1.35 bits per heavy atom. The summed E-state index contributed by atoms with van der Waals surface area (Å²) in [6.45, 7) is 0.569. The predicted octanol–water partition coefficient (Wildman–Crippen LogP) is 2.43. The maximum atomic E-state index is 11.6. The molecular formula is C13H16O3S. The molecule has 92 valence electrons. The minimum absolute atomic E-state index is 0.128. The van der Waals surface area contributed by atoms with E-state index >= 15 is 0 Å². The van der Waals surface area contributed by atoms with Gasteiger partial charge in [-0.15, -0.1) is 0 Å². The van der Waals surface area contributed by atoms with E-state index in [-0.39, 0.29) is 11.4 Å². The summed E-state index contributed by atoms with van der Waals surface area (Å²) in [6, 6.07) is 3.61. The molecule has 1 atom stereocenters. The molecule has 1 fully saturated rings. The Morgan fingerprint density at radius 2 is 2.06 bits per heavy atom. The van der Waals surface area contributed by atoms with Crippen LogP contribution in [0.5, 0.6) is 5.75 Å². The third-order valence-corrected chi connectivity index (χ3v) is 4.85. The van der Waals surface area contributed by atoms with Gasteiger partial charge in [0.05, 0.1) is 27.9 Å². The summed E-state index contributed by atoms with van der Waals surface area (Å²) >= 11 is 0. The summed E-state index contributed by atoms with van der Waals surface area (Å²) in [5.74, 6) is 0.128. The van der Waals surface area contributed by atoms with E-state index in [1.54, 1.807) is 12.3 Å². The van der Waals surface area contributed by atoms with Gasteiger partial charge in [0.25, 0.3) is 0 Å². The first-order chi connectivity index (χ1) is 8.12. The van der Waals surface area contributed by atoms with Crippen molar-refractivity contribution in [1.82, 2.24) is 0 Å². The number of phenols is 1. The Balaban J connectivity index is 2.14. The third-order valence-electron chi connectivity index (χ3n) is 3.90. The molecule has 1 spiro atoms. The molecule has 4 heteroatoms. The summed E-state index contributed by atoms with van der Waals surface area (Å²) < 4.78 is 17.5. The van der Waals surface area contributed by atoms with Crippen molar-refractivity contribution in [2.45, 2.75) is 42.8 Å². The van der Waals surface area contributed by atoms with Crippen LogP contribution < -0.4 is 0 Å². The van der Waals surface area contributed by atoms with E-state index < -0.39 is 10.8 Å². The third kappa shape index (κ3) is 1.62. The Morgan fingerprint density at radius 3 is 2.71 bits per heavy atom. The Kier molecular flexibility index (Phi) is 2.52. The van der Waals surface area contributed by atoms with Gasteiger partial charge in [-0.3, -0.25) is 4.21 Å². The average molecular weight is 252 g/mol. The van der Waals surface area contributed by atoms with Gasteiger partial charge < -0.3 is 9.84 Å². The van der Waals surface area contributed by atoms with E-state index in [9.17, 15) is 9.32 Å². The van der Waals surface area contributed by atoms with Crippen LogP contribution in [0.4, 0.5) is 0 Å². The molecule has 0 saturated heterocycles. The van der Waals surface area contributed by atoms with E-state index in [1.807, 2.05) is 6.07 Å². The smallest absolute Gasteiger partial charge is 0.132 e. The second-order valence-electron chi connectivity index (χ2n) is 4.92. The summed E-state index contributed by atoms with van der Waals surface area (Å²) in [6.07, 6.45) is 6.05. The predicted molar refractivity (Wildman–Crippen MR) is 65.4 cm³/mol. The van der Waals surface area contributed by atoms with Crippen LogP contribution in [0.15, 0.2) is 17.0 Å². The Bertz CT molecular complexity index is 490. The van der Waals surface area contributed by atoms with Crippen molar-refractivity contribution >= 4 is 10.8 Å². The molecule has 0 aromatic heterocycles. The summed E-state index contributed by atoms with van der Waals surface area (Å²) in [5.41, 5.74) is 2.05. The molecule has 3 nitrogen and oxygen atoms in total. The number of rotatable bonds is 1. The second-order valence-corrected chi connectivity index (χ2v) is 6.27. The summed E-state index contributed by atoms with van der Waals surface area (Å²) in [4.78, 5) is 0.528. The highest BCUT2D eigenvalue weighted by Crippen LogP contribution is 2.49. The molecule has 1 aliphatic heterocycles. The minimum Gasteiger partial charge on any atom is -0.507 e. The van der Waals surface area contributed by atoms with Gasteiger partial charge in [0.2, 0.25) is 0 Å². The van der Waals surface area contributed by atoms with Crippen LogP contribution in [0.1, 0.15) is 36.8 Å². The largest absolute Gasteiger partial charge is 0.507 e. The summed E-state index contributed by atoms with van der Waals surface area (Å²) in [5, 5.41) is 9.83. The number of fused-ring (bicyclic) bond motifs is 2. The lowest BCUT2D eigenvalue weighted by atomic mass is 9.91. The molecule has 1 heterocycles. The van der Waals surface area contributed by atoms with Gasteiger partial charge >= 0.3 is 0 Å². The van der Waals surface area contributed by atoms with Crippen LogP contribution >= 0.6 is 0 Å². The highest BCUT2D eigenvalue weighted by Gasteiger charge is 2.42. The fourth-order valence-electron chi connectivity index (χ4n) is 3.04. The number of ether oxygens (including phenoxy) is 1. The lowest BCUT2D eigenvalue weighted by Gasteiger charge is -2.23. The maximum absolute atomic E-state index is 11.6. The highest BCUT2D eigenvalue weighted by molar-refractivity contribution is 7.84. The zero-order valence-electron chi connectivity index (χ0n) is 9.86. The molecule has 0 radical (unpaired) electrons. The van der Waals surface area contributed by atoms with Crippen molar-refractivity contribution in [3.63, 3.8) is 0 Å². The number of benzene rings is 1. The highest BCUT2D eigenvalue weighted by atomic mass is 32.2. The molecule has 1 N–H and O–H groups in total. The van der Waals surface area contributed by atoms with E-state index in [2.05, 4.69) is 0 Å². The first-order valence-electron chi connectivity index (χ1n) is 5.96. The fraction of sp³-hybridized carbons (Fsp3) is 0.538. The number of phenolic OH excluding ortho intramolecular Hbond substituents is 1. The molecule has 1 aromatic rings. The van der Waals surface area contributed by atoms with Crippen molar-refractivity contribution in [3.05, 3.63) is 23.3 Å². The molecule has 1 unspecified atom stereocenters. The topological polar surface area (TPSA) is 46.5 Å². The van der Waals surface area contributed by atoms with Crippen LogP contribution in [-0.4, -0.2) is 15.6 Å². The van der Waals surface area contributed by atoms with E-state index in [0.29, 0.717) is 11.5 Å². The van der Waals surface area contributed by atoms with Crippen LogP contribution in [0.2, 0.25) is 0 Å². The standard InChI is InChI=1S/C13H16O3S/c1-17(15)12-7-10-9(6-11(12)14)8-16-13(10)4-2-3-5-13/h6-7,14H,2-5,8H2,1H3. The Labute approximate surface area is 103 Å². The van der Waals surface area contributed by atoms with Crippen molar-refractivity contribution in [2.75, 3.05) is 6.26 Å². The maximum Gasteiger partial charge on any atom is 0.132 e. The lowest BCUT2D eigenvalue weighted by Crippen LogP contribution is -2.20. The van der Waals surface area contributed by atoms with Crippen LogP contribution in [0.3, 0.4) is 0 Å². The van der Waals surface area contributed by atoms with Crippen molar-refractivity contribution in [3.8, 4) is 5.75 Å². The zero-order valence-corrected chi connectivity index (χ0v) is 10.7. The second kappa shape index (κ2) is 3.82. The number of hydrogen-bond donors (Lipinski definition) is 1. The zero-order chi connectivity index (χ0) is 12.0. The first-order valence-corrected chi connectivity index (χ1v) is 7.52. The van der Waals surface area contributed by atoms with Gasteiger partial charge in [-0.1, -0.05) is 12.8 Å². The first kappa shape index (κ1) is 11.2. The molecule has 0 amide bonds. The van der Waals surface area contributed by atoms with Crippen LogP contribution in [-0.2, 0) is 27.7 Å². The van der Waals surface area contributed by atoms with Gasteiger partial charge in [0, 0.05) is 6.26 Å². The molecule has 2 aliphatic rings. The van der Waals surface area contributed by atoms with Crippen molar-refractivity contribution < 1.29 is 14.1 Å². The van der Waals surface area contributed by atoms with Gasteiger partial charge in [-0.2, -0.15) is 0 Å². The molecule has 1 saturated carbocycles. The van der Waals surface area contributed by atoms with Gasteiger partial charge in [-0.25, -0.2) is 0 Å². The van der Waals surface area contributed by atoms with Crippen LogP contribution in [0.25, 0.3) is 0 Å². The monoisotopic (exact) mass is 252 g/mol. The fourth-order valence-corrected chi connectivity index (χ4v) is 3.68. The molecule has 3 rings (SSSR count). The average Bonchev–Trinajstić information content (AvgIpc) is 2.87. The normalized spacial score (nSPS) is 22.9. The van der Waals surface area contributed by atoms with Crippen LogP contribution in [0, 0.1) is 0 Å². The number of hydrogen-bond acceptors (Lipinski definition) is 3. The summed E-state index contributed by atoms with van der Waals surface area (Å²) in [7, 11) is -1.16. The molecule has 0 bridgehead atoms. The molecule has 1 aromatic carbocycles. The Hall–Kier alpha value is -0.870. The van der Waals surface area contributed by atoms with Gasteiger partial charge in [0.1, 0.15) is 5.75 Å². The molecule has 1 aliphatic carbocycles. The quantitative estimate of drug-likeness (QED) is 0.835. The van der Waals surface area contributed by atoms with E-state index in [1.165, 1.54) is 12.8 Å². The van der Waals surface area contributed by atoms with Gasteiger partial charge in [0.15, 0.2) is 0 Å². The van der Waals surface area contributed by atoms with Crippen molar-refractivity contribution in [2.24, 2.45) is 0 Å². The number of aromatic hydroxyl groups is 1.